The van der Waals surface area contributed by atoms with Crippen LogP contribution < -0.4 is 14.4 Å². The topological polar surface area (TPSA) is 96.0 Å². The summed E-state index contributed by atoms with van der Waals surface area (Å²) in [6.07, 6.45) is 1.44. The third-order valence-corrected chi connectivity index (χ3v) is 6.86. The van der Waals surface area contributed by atoms with Crippen molar-refractivity contribution in [3.63, 3.8) is 0 Å². The SMILES string of the molecule is COc1ccc(N(CCCC(=O)N(Cc2ccccc2)[C@H](C)C(=O)NC(C)C)S(C)(=O)=O)cc1Cl. The molecule has 0 spiro atoms. The molecule has 0 aliphatic heterocycles. The molecular formula is C25H34ClN3O5S. The maximum absolute atomic E-state index is 13.2. The summed E-state index contributed by atoms with van der Waals surface area (Å²) in [6.45, 7) is 5.77. The summed E-state index contributed by atoms with van der Waals surface area (Å²) in [5.41, 5.74) is 1.28. The molecule has 2 amide bonds. The zero-order chi connectivity index (χ0) is 26.2. The summed E-state index contributed by atoms with van der Waals surface area (Å²) in [4.78, 5) is 27.4. The van der Waals surface area contributed by atoms with E-state index in [1.165, 1.54) is 22.4 Å². The van der Waals surface area contributed by atoms with Gasteiger partial charge in [-0.3, -0.25) is 13.9 Å². The summed E-state index contributed by atoms with van der Waals surface area (Å²) in [6, 6.07) is 13.4. The van der Waals surface area contributed by atoms with Crippen LogP contribution in [0.4, 0.5) is 5.69 Å². The maximum Gasteiger partial charge on any atom is 0.242 e. The summed E-state index contributed by atoms with van der Waals surface area (Å²) in [5.74, 6) is -0.0411. The number of ether oxygens (including phenoxy) is 1. The van der Waals surface area contributed by atoms with Crippen LogP contribution >= 0.6 is 11.6 Å². The minimum absolute atomic E-state index is 0.0572. The van der Waals surface area contributed by atoms with Crippen molar-refractivity contribution in [1.82, 2.24) is 10.2 Å². The van der Waals surface area contributed by atoms with E-state index in [0.29, 0.717) is 11.4 Å². The van der Waals surface area contributed by atoms with Crippen LogP contribution in [0, 0.1) is 0 Å². The third kappa shape index (κ3) is 8.43. The molecule has 2 rings (SSSR count). The van der Waals surface area contributed by atoms with Crippen LogP contribution in [0.3, 0.4) is 0 Å². The van der Waals surface area contributed by atoms with Gasteiger partial charge in [0.15, 0.2) is 0 Å². The molecule has 0 fully saturated rings. The van der Waals surface area contributed by atoms with Crippen LogP contribution in [0.15, 0.2) is 48.5 Å². The molecule has 0 aromatic heterocycles. The molecule has 35 heavy (non-hydrogen) atoms. The van der Waals surface area contributed by atoms with Gasteiger partial charge in [-0.15, -0.1) is 0 Å². The first-order valence-corrected chi connectivity index (χ1v) is 13.6. The predicted molar refractivity (Wildman–Crippen MR) is 139 cm³/mol. The Morgan fingerprint density at radius 2 is 1.74 bits per heavy atom. The van der Waals surface area contributed by atoms with Crippen molar-refractivity contribution in [3.8, 4) is 5.75 Å². The number of rotatable bonds is 12. The fourth-order valence-electron chi connectivity index (χ4n) is 3.58. The molecule has 0 unspecified atom stereocenters. The van der Waals surface area contributed by atoms with Crippen LogP contribution in [-0.4, -0.2) is 57.1 Å². The lowest BCUT2D eigenvalue weighted by Crippen LogP contribution is -2.49. The van der Waals surface area contributed by atoms with Crippen molar-refractivity contribution < 1.29 is 22.7 Å². The summed E-state index contributed by atoms with van der Waals surface area (Å²) < 4.78 is 31.3. The highest BCUT2D eigenvalue weighted by Gasteiger charge is 2.27. The molecule has 1 N–H and O–H groups in total. The fourth-order valence-corrected chi connectivity index (χ4v) is 4.79. The molecule has 0 aliphatic carbocycles. The monoisotopic (exact) mass is 523 g/mol. The van der Waals surface area contributed by atoms with Crippen molar-refractivity contribution in [2.75, 3.05) is 24.2 Å². The van der Waals surface area contributed by atoms with Gasteiger partial charge in [-0.1, -0.05) is 41.9 Å². The van der Waals surface area contributed by atoms with Gasteiger partial charge < -0.3 is 15.0 Å². The Morgan fingerprint density at radius 3 is 2.29 bits per heavy atom. The molecule has 0 heterocycles. The molecule has 0 saturated carbocycles. The number of sulfonamides is 1. The van der Waals surface area contributed by atoms with E-state index in [1.54, 1.807) is 19.1 Å². The molecule has 1 atom stereocenters. The van der Waals surface area contributed by atoms with Crippen molar-refractivity contribution in [2.24, 2.45) is 0 Å². The van der Waals surface area contributed by atoms with E-state index < -0.39 is 16.1 Å². The maximum atomic E-state index is 13.2. The average molecular weight is 524 g/mol. The van der Waals surface area contributed by atoms with E-state index in [0.717, 1.165) is 11.8 Å². The molecular weight excluding hydrogens is 490 g/mol. The minimum atomic E-state index is -3.62. The molecule has 0 bridgehead atoms. The fraction of sp³-hybridized carbons (Fsp3) is 0.440. The Kier molecular flexibility index (Phi) is 10.4. The second-order valence-corrected chi connectivity index (χ2v) is 10.9. The first-order valence-electron chi connectivity index (χ1n) is 11.4. The molecule has 2 aromatic carbocycles. The number of benzene rings is 2. The van der Waals surface area contributed by atoms with Crippen molar-refractivity contribution in [2.45, 2.75) is 52.2 Å². The van der Waals surface area contributed by atoms with Gasteiger partial charge in [-0.25, -0.2) is 8.42 Å². The number of hydrogen-bond donors (Lipinski definition) is 1. The van der Waals surface area contributed by atoms with Crippen LogP contribution in [-0.2, 0) is 26.2 Å². The molecule has 8 nitrogen and oxygen atoms in total. The number of carbonyl (C=O) groups is 2. The number of nitrogens with one attached hydrogen (secondary N) is 1. The number of hydrogen-bond acceptors (Lipinski definition) is 5. The first-order chi connectivity index (χ1) is 16.4. The van der Waals surface area contributed by atoms with Gasteiger partial charge in [0.25, 0.3) is 0 Å². The second-order valence-electron chi connectivity index (χ2n) is 8.60. The highest BCUT2D eigenvalue weighted by molar-refractivity contribution is 7.92. The number of nitrogens with zero attached hydrogens (tertiary/aromatic N) is 2. The molecule has 0 saturated heterocycles. The first kappa shape index (κ1) is 28.5. The lowest BCUT2D eigenvalue weighted by molar-refractivity contribution is -0.140. The molecule has 192 valence electrons. The van der Waals surface area contributed by atoms with E-state index in [2.05, 4.69) is 5.32 Å². The van der Waals surface area contributed by atoms with Crippen LogP contribution in [0.25, 0.3) is 0 Å². The van der Waals surface area contributed by atoms with E-state index in [-0.39, 0.29) is 48.8 Å². The van der Waals surface area contributed by atoms with Crippen LogP contribution in [0.1, 0.15) is 39.2 Å². The van der Waals surface area contributed by atoms with Crippen molar-refractivity contribution in [1.29, 1.82) is 0 Å². The summed E-state index contributed by atoms with van der Waals surface area (Å²) in [5, 5.41) is 3.14. The predicted octanol–water partition coefficient (Wildman–Crippen LogP) is 3.84. The molecule has 0 aliphatic rings. The van der Waals surface area contributed by atoms with Gasteiger partial charge in [0, 0.05) is 25.6 Å². The highest BCUT2D eigenvalue weighted by Crippen LogP contribution is 2.30. The van der Waals surface area contributed by atoms with Gasteiger partial charge in [-0.2, -0.15) is 0 Å². The Labute approximate surface area is 213 Å². The Hall–Kier alpha value is -2.78. The van der Waals surface area contributed by atoms with Gasteiger partial charge >= 0.3 is 0 Å². The standard InChI is InChI=1S/C25H34ClN3O5S/c1-18(2)27-25(31)19(3)28(17-20-10-7-6-8-11-20)24(30)12-9-15-29(35(5,32)33)21-13-14-23(34-4)22(26)16-21/h6-8,10-11,13-14,16,18-19H,9,12,15,17H2,1-5H3,(H,27,31)/t19-/m1/s1. The quantitative estimate of drug-likeness (QED) is 0.456. The molecule has 2 aromatic rings. The third-order valence-electron chi connectivity index (χ3n) is 5.37. The number of halogens is 1. The summed E-state index contributed by atoms with van der Waals surface area (Å²) >= 11 is 6.18. The Balaban J connectivity index is 2.16. The minimum Gasteiger partial charge on any atom is -0.495 e. The molecule has 0 radical (unpaired) electrons. The zero-order valence-corrected chi connectivity index (χ0v) is 22.4. The van der Waals surface area contributed by atoms with E-state index in [9.17, 15) is 18.0 Å². The van der Waals surface area contributed by atoms with E-state index in [4.69, 9.17) is 16.3 Å². The van der Waals surface area contributed by atoms with Gasteiger partial charge in [0.05, 0.1) is 24.1 Å². The zero-order valence-electron chi connectivity index (χ0n) is 20.8. The van der Waals surface area contributed by atoms with E-state index >= 15 is 0 Å². The largest absolute Gasteiger partial charge is 0.495 e. The smallest absolute Gasteiger partial charge is 0.242 e. The molecule has 10 heteroatoms. The van der Waals surface area contributed by atoms with E-state index in [1.807, 2.05) is 44.2 Å². The number of anilines is 1. The average Bonchev–Trinajstić information content (AvgIpc) is 2.79. The van der Waals surface area contributed by atoms with Crippen LogP contribution in [0.5, 0.6) is 5.75 Å². The van der Waals surface area contributed by atoms with Gasteiger partial charge in [0.1, 0.15) is 11.8 Å². The normalized spacial score (nSPS) is 12.2. The van der Waals surface area contributed by atoms with Gasteiger partial charge in [-0.05, 0) is 51.0 Å². The van der Waals surface area contributed by atoms with Crippen molar-refractivity contribution in [3.05, 3.63) is 59.1 Å². The van der Waals surface area contributed by atoms with Crippen LogP contribution in [0.2, 0.25) is 5.02 Å². The Bertz CT molecular complexity index is 1110. The second kappa shape index (κ2) is 12.8. The van der Waals surface area contributed by atoms with Gasteiger partial charge in [0.2, 0.25) is 21.8 Å². The van der Waals surface area contributed by atoms with Crippen molar-refractivity contribution >= 4 is 39.1 Å². The Morgan fingerprint density at radius 1 is 1.09 bits per heavy atom. The highest BCUT2D eigenvalue weighted by atomic mass is 35.5. The number of methoxy groups -OCH3 is 1. The lowest BCUT2D eigenvalue weighted by Gasteiger charge is -2.30. The lowest BCUT2D eigenvalue weighted by atomic mass is 10.1. The number of amides is 2. The summed E-state index contributed by atoms with van der Waals surface area (Å²) in [7, 11) is -2.14. The number of carbonyl (C=O) groups excluding carboxylic acids is 2.